The first-order valence-corrected chi connectivity index (χ1v) is 7.97. The second-order valence-electron chi connectivity index (χ2n) is 5.85. The Morgan fingerprint density at radius 1 is 1.25 bits per heavy atom. The summed E-state index contributed by atoms with van der Waals surface area (Å²) in [5, 5.41) is 3.86. The van der Waals surface area contributed by atoms with Crippen molar-refractivity contribution in [3.63, 3.8) is 0 Å². The summed E-state index contributed by atoms with van der Waals surface area (Å²) in [5.74, 6) is 0.786. The van der Waals surface area contributed by atoms with E-state index in [0.29, 0.717) is 24.2 Å². The molecule has 2 amide bonds. The van der Waals surface area contributed by atoms with E-state index in [1.807, 2.05) is 19.1 Å². The SMILES string of the molecule is Cc1cc(CCCCN(C)C(=O)c2ccccc2N(C)C=O)on1. The van der Waals surface area contributed by atoms with Gasteiger partial charge in [-0.3, -0.25) is 9.59 Å². The zero-order valence-electron chi connectivity index (χ0n) is 14.4. The van der Waals surface area contributed by atoms with Crippen LogP contribution in [0.3, 0.4) is 0 Å². The van der Waals surface area contributed by atoms with Gasteiger partial charge in [-0.1, -0.05) is 17.3 Å². The lowest BCUT2D eigenvalue weighted by Gasteiger charge is -2.21. The van der Waals surface area contributed by atoms with Crippen molar-refractivity contribution in [2.75, 3.05) is 25.5 Å². The number of nitrogens with zero attached hydrogens (tertiary/aromatic N) is 3. The fraction of sp³-hybridized carbons (Fsp3) is 0.389. The normalized spacial score (nSPS) is 10.5. The highest BCUT2D eigenvalue weighted by Crippen LogP contribution is 2.20. The van der Waals surface area contributed by atoms with E-state index in [9.17, 15) is 9.59 Å². The van der Waals surface area contributed by atoms with Gasteiger partial charge in [0.05, 0.1) is 16.9 Å². The Labute approximate surface area is 142 Å². The highest BCUT2D eigenvalue weighted by atomic mass is 16.5. The number of para-hydroxylation sites is 1. The molecule has 1 heterocycles. The van der Waals surface area contributed by atoms with Gasteiger partial charge in [0.15, 0.2) is 0 Å². The molecule has 0 radical (unpaired) electrons. The van der Waals surface area contributed by atoms with Crippen LogP contribution in [0.5, 0.6) is 0 Å². The van der Waals surface area contributed by atoms with Crippen LogP contribution in [0, 0.1) is 6.92 Å². The number of amides is 2. The van der Waals surface area contributed by atoms with Crippen LogP contribution in [0.4, 0.5) is 5.69 Å². The predicted molar refractivity (Wildman–Crippen MR) is 92.0 cm³/mol. The lowest BCUT2D eigenvalue weighted by atomic mass is 10.1. The van der Waals surface area contributed by atoms with Crippen LogP contribution in [0.25, 0.3) is 0 Å². The minimum atomic E-state index is -0.0881. The molecule has 0 aliphatic carbocycles. The molecule has 6 heteroatoms. The average molecular weight is 329 g/mol. The molecule has 0 N–H and O–H groups in total. The number of carbonyl (C=O) groups is 2. The minimum absolute atomic E-state index is 0.0881. The van der Waals surface area contributed by atoms with Gasteiger partial charge in [0.25, 0.3) is 5.91 Å². The van der Waals surface area contributed by atoms with E-state index >= 15 is 0 Å². The summed E-state index contributed by atoms with van der Waals surface area (Å²) in [7, 11) is 3.41. The van der Waals surface area contributed by atoms with Crippen LogP contribution >= 0.6 is 0 Å². The number of anilines is 1. The molecule has 0 bridgehead atoms. The van der Waals surface area contributed by atoms with E-state index in [4.69, 9.17) is 4.52 Å². The summed E-state index contributed by atoms with van der Waals surface area (Å²) in [6.45, 7) is 2.54. The Bertz CT molecular complexity index is 696. The van der Waals surface area contributed by atoms with E-state index in [-0.39, 0.29) is 5.91 Å². The Morgan fingerprint density at radius 3 is 2.67 bits per heavy atom. The molecular weight excluding hydrogens is 306 g/mol. The summed E-state index contributed by atoms with van der Waals surface area (Å²) in [5.41, 5.74) is 2.02. The van der Waals surface area contributed by atoms with Gasteiger partial charge in [0.1, 0.15) is 5.76 Å². The van der Waals surface area contributed by atoms with Crippen LogP contribution in [-0.2, 0) is 11.2 Å². The molecule has 0 atom stereocenters. The predicted octanol–water partition coefficient (Wildman–Crippen LogP) is 2.67. The highest BCUT2D eigenvalue weighted by Gasteiger charge is 2.17. The van der Waals surface area contributed by atoms with Gasteiger partial charge in [0, 0.05) is 33.1 Å². The van der Waals surface area contributed by atoms with Crippen LogP contribution in [-0.4, -0.2) is 43.0 Å². The first-order chi connectivity index (χ1) is 11.5. The Balaban J connectivity index is 1.89. The van der Waals surface area contributed by atoms with Crippen molar-refractivity contribution in [2.24, 2.45) is 0 Å². The van der Waals surface area contributed by atoms with Crippen molar-refractivity contribution in [2.45, 2.75) is 26.2 Å². The molecule has 0 spiro atoms. The first kappa shape index (κ1) is 17.7. The van der Waals surface area contributed by atoms with E-state index in [0.717, 1.165) is 30.7 Å². The van der Waals surface area contributed by atoms with E-state index in [2.05, 4.69) is 5.16 Å². The molecule has 0 fully saturated rings. The van der Waals surface area contributed by atoms with Crippen molar-refractivity contribution in [1.29, 1.82) is 0 Å². The Kier molecular flexibility index (Phi) is 6.12. The molecule has 0 aliphatic heterocycles. The van der Waals surface area contributed by atoms with Crippen LogP contribution in [0.15, 0.2) is 34.9 Å². The maximum Gasteiger partial charge on any atom is 0.255 e. The van der Waals surface area contributed by atoms with Gasteiger partial charge in [0.2, 0.25) is 6.41 Å². The van der Waals surface area contributed by atoms with E-state index in [1.54, 1.807) is 37.2 Å². The lowest BCUT2D eigenvalue weighted by molar-refractivity contribution is -0.107. The molecule has 0 aliphatic rings. The van der Waals surface area contributed by atoms with Gasteiger partial charge in [-0.2, -0.15) is 0 Å². The topological polar surface area (TPSA) is 66.7 Å². The summed E-state index contributed by atoms with van der Waals surface area (Å²) < 4.78 is 5.17. The molecule has 0 saturated heterocycles. The molecule has 2 aromatic rings. The smallest absolute Gasteiger partial charge is 0.255 e. The van der Waals surface area contributed by atoms with Crippen molar-refractivity contribution in [1.82, 2.24) is 10.1 Å². The second-order valence-corrected chi connectivity index (χ2v) is 5.85. The number of unbranched alkanes of at least 4 members (excludes halogenated alkanes) is 1. The maximum absolute atomic E-state index is 12.6. The van der Waals surface area contributed by atoms with Gasteiger partial charge in [-0.25, -0.2) is 0 Å². The van der Waals surface area contributed by atoms with Crippen molar-refractivity contribution in [3.05, 3.63) is 47.3 Å². The third kappa shape index (κ3) is 4.44. The summed E-state index contributed by atoms with van der Waals surface area (Å²) in [6.07, 6.45) is 3.30. The molecule has 2 rings (SSSR count). The fourth-order valence-corrected chi connectivity index (χ4v) is 2.51. The third-order valence-electron chi connectivity index (χ3n) is 3.86. The van der Waals surface area contributed by atoms with Gasteiger partial charge in [-0.15, -0.1) is 0 Å². The molecule has 6 nitrogen and oxygen atoms in total. The zero-order valence-corrected chi connectivity index (χ0v) is 14.4. The number of hydrogen-bond donors (Lipinski definition) is 0. The number of carbonyl (C=O) groups excluding carboxylic acids is 2. The summed E-state index contributed by atoms with van der Waals surface area (Å²) in [6, 6.07) is 9.05. The van der Waals surface area contributed by atoms with Gasteiger partial charge >= 0.3 is 0 Å². The summed E-state index contributed by atoms with van der Waals surface area (Å²) >= 11 is 0. The standard InChI is InChI=1S/C18H23N3O3/c1-14-12-15(24-19-14)8-6-7-11-20(2)18(23)16-9-4-5-10-17(16)21(3)13-22/h4-5,9-10,12-13H,6-8,11H2,1-3H3. The average Bonchev–Trinajstić information content (AvgIpc) is 3.02. The number of aromatic nitrogens is 1. The molecule has 1 aromatic heterocycles. The first-order valence-electron chi connectivity index (χ1n) is 7.97. The van der Waals surface area contributed by atoms with Gasteiger partial charge < -0.3 is 14.3 Å². The molecule has 1 aromatic carbocycles. The third-order valence-corrected chi connectivity index (χ3v) is 3.86. The number of rotatable bonds is 8. The minimum Gasteiger partial charge on any atom is -0.361 e. The number of hydrogen-bond acceptors (Lipinski definition) is 4. The Hall–Kier alpha value is -2.63. The summed E-state index contributed by atoms with van der Waals surface area (Å²) in [4.78, 5) is 26.7. The van der Waals surface area contributed by atoms with Crippen molar-refractivity contribution >= 4 is 18.0 Å². The van der Waals surface area contributed by atoms with Crippen molar-refractivity contribution < 1.29 is 14.1 Å². The van der Waals surface area contributed by atoms with Crippen LogP contribution in [0.2, 0.25) is 0 Å². The molecule has 128 valence electrons. The zero-order chi connectivity index (χ0) is 17.5. The Morgan fingerprint density at radius 2 is 2.00 bits per heavy atom. The molecule has 0 saturated carbocycles. The largest absolute Gasteiger partial charge is 0.361 e. The number of benzene rings is 1. The molecule has 0 unspecified atom stereocenters. The lowest BCUT2D eigenvalue weighted by Crippen LogP contribution is -2.29. The maximum atomic E-state index is 12.6. The van der Waals surface area contributed by atoms with E-state index in [1.165, 1.54) is 4.90 Å². The van der Waals surface area contributed by atoms with Gasteiger partial charge in [-0.05, 0) is 31.9 Å². The van der Waals surface area contributed by atoms with Crippen LogP contribution in [0.1, 0.15) is 34.7 Å². The molecule has 24 heavy (non-hydrogen) atoms. The highest BCUT2D eigenvalue weighted by molar-refractivity contribution is 6.01. The van der Waals surface area contributed by atoms with Crippen LogP contribution < -0.4 is 4.90 Å². The number of aryl methyl sites for hydroxylation is 2. The van der Waals surface area contributed by atoms with E-state index < -0.39 is 0 Å². The monoisotopic (exact) mass is 329 g/mol. The van der Waals surface area contributed by atoms with Crippen molar-refractivity contribution in [3.8, 4) is 0 Å². The molecular formula is C18H23N3O3. The fourth-order valence-electron chi connectivity index (χ4n) is 2.51. The second kappa shape index (κ2) is 8.29. The quantitative estimate of drug-likeness (QED) is 0.551.